The summed E-state index contributed by atoms with van der Waals surface area (Å²) in [6.45, 7) is 8.81. The van der Waals surface area contributed by atoms with Gasteiger partial charge in [0, 0.05) is 48.7 Å². The number of hydrogen-bond donors (Lipinski definition) is 1. The van der Waals surface area contributed by atoms with Gasteiger partial charge < -0.3 is 24.3 Å². The van der Waals surface area contributed by atoms with Crippen molar-refractivity contribution in [1.29, 1.82) is 0 Å². The first-order valence-corrected chi connectivity index (χ1v) is 14.8. The largest absolute Gasteiger partial charge is 0.493 e. The van der Waals surface area contributed by atoms with Crippen LogP contribution in [0.1, 0.15) is 62.5 Å². The molecule has 2 saturated heterocycles. The third-order valence-electron chi connectivity index (χ3n) is 9.08. The first kappa shape index (κ1) is 28.5. The number of aromatic nitrogens is 1. The van der Waals surface area contributed by atoms with Gasteiger partial charge in [0.05, 0.1) is 26.5 Å². The van der Waals surface area contributed by atoms with Gasteiger partial charge in [-0.2, -0.15) is 0 Å². The van der Waals surface area contributed by atoms with Gasteiger partial charge in [-0.05, 0) is 93.1 Å². The number of benzene rings is 2. The average molecular weight is 547 g/mol. The van der Waals surface area contributed by atoms with Crippen LogP contribution in [0, 0.1) is 0 Å². The van der Waals surface area contributed by atoms with E-state index in [4.69, 9.17) is 9.47 Å². The van der Waals surface area contributed by atoms with Crippen molar-refractivity contribution in [2.45, 2.75) is 57.4 Å². The molecule has 7 nitrogen and oxygen atoms in total. The van der Waals surface area contributed by atoms with Crippen molar-refractivity contribution in [3.05, 3.63) is 47.5 Å². The van der Waals surface area contributed by atoms with Crippen molar-refractivity contribution in [1.82, 2.24) is 19.7 Å². The van der Waals surface area contributed by atoms with Gasteiger partial charge in [-0.25, -0.2) is 0 Å². The molecule has 3 heterocycles. The van der Waals surface area contributed by atoms with Crippen LogP contribution in [0.15, 0.2) is 36.4 Å². The maximum absolute atomic E-state index is 13.1. The lowest BCUT2D eigenvalue weighted by Gasteiger charge is -2.37. The summed E-state index contributed by atoms with van der Waals surface area (Å²) in [5, 5.41) is 1.29. The number of fused-ring (bicyclic) bond motifs is 1. The molecule has 0 spiro atoms. The van der Waals surface area contributed by atoms with Crippen LogP contribution in [0.4, 0.5) is 0 Å². The predicted octanol–water partition coefficient (Wildman–Crippen LogP) is 5.71. The molecule has 7 heteroatoms. The molecular weight excluding hydrogens is 500 g/mol. The number of piperidine rings is 2. The molecule has 5 rings (SSSR count). The van der Waals surface area contributed by atoms with E-state index in [1.807, 2.05) is 12.1 Å². The zero-order valence-corrected chi connectivity index (χ0v) is 25.1. The molecule has 0 atom stereocenters. The van der Waals surface area contributed by atoms with Crippen LogP contribution < -0.4 is 9.47 Å². The van der Waals surface area contributed by atoms with E-state index >= 15 is 0 Å². The smallest absolute Gasteiger partial charge is 0.236 e. The lowest BCUT2D eigenvalue weighted by atomic mass is 9.87. The minimum absolute atomic E-state index is 0.296. The summed E-state index contributed by atoms with van der Waals surface area (Å²) in [6, 6.07) is 13.7. The predicted molar refractivity (Wildman–Crippen MR) is 163 cm³/mol. The Morgan fingerprint density at radius 1 is 0.950 bits per heavy atom. The van der Waals surface area contributed by atoms with Gasteiger partial charge in [0.25, 0.3) is 0 Å². The minimum Gasteiger partial charge on any atom is -0.493 e. The van der Waals surface area contributed by atoms with Crippen molar-refractivity contribution in [3.8, 4) is 22.8 Å². The number of methoxy groups -OCH3 is 2. The van der Waals surface area contributed by atoms with Crippen LogP contribution in [0.3, 0.4) is 0 Å². The fraction of sp³-hybridized carbons (Fsp3) is 0.545. The number of nitrogens with zero attached hydrogens (tertiary/aromatic N) is 3. The maximum Gasteiger partial charge on any atom is 0.236 e. The first-order chi connectivity index (χ1) is 19.3. The number of amides is 1. The molecule has 2 aliphatic rings. The van der Waals surface area contributed by atoms with Gasteiger partial charge in [-0.15, -0.1) is 0 Å². The van der Waals surface area contributed by atoms with E-state index in [1.165, 1.54) is 16.5 Å². The molecule has 0 unspecified atom stereocenters. The molecule has 0 radical (unpaired) electrons. The van der Waals surface area contributed by atoms with E-state index in [-0.39, 0.29) is 0 Å². The number of ether oxygens (including phenoxy) is 2. The molecule has 0 bridgehead atoms. The van der Waals surface area contributed by atoms with E-state index in [1.54, 1.807) is 14.2 Å². The third-order valence-corrected chi connectivity index (χ3v) is 9.08. The Hall–Kier alpha value is -3.03. The number of nitrogens with one attached hydrogen (secondary N) is 1. The summed E-state index contributed by atoms with van der Waals surface area (Å²) >= 11 is 0. The first-order valence-electron chi connectivity index (χ1n) is 14.8. The second kappa shape index (κ2) is 12.2. The van der Waals surface area contributed by atoms with Gasteiger partial charge in [-0.1, -0.05) is 19.9 Å². The van der Waals surface area contributed by atoms with Gasteiger partial charge in [0.1, 0.15) is 0 Å². The molecule has 216 valence electrons. The van der Waals surface area contributed by atoms with E-state index in [2.05, 4.69) is 71.9 Å². The Bertz CT molecular complexity index is 1310. The highest BCUT2D eigenvalue weighted by Gasteiger charge is 2.28. The molecule has 2 aromatic carbocycles. The number of rotatable bonds is 8. The van der Waals surface area contributed by atoms with Crippen molar-refractivity contribution < 1.29 is 14.3 Å². The summed E-state index contributed by atoms with van der Waals surface area (Å²) in [5.74, 6) is 2.59. The summed E-state index contributed by atoms with van der Waals surface area (Å²) in [5.41, 5.74) is 6.10. The molecule has 0 saturated carbocycles. The number of H-pyrrole nitrogens is 1. The van der Waals surface area contributed by atoms with Gasteiger partial charge in [-0.3, -0.25) is 9.69 Å². The molecule has 2 fully saturated rings. The normalized spacial score (nSPS) is 17.8. The van der Waals surface area contributed by atoms with E-state index < -0.39 is 0 Å². The standard InChI is InChI=1S/C33H46N4O3/c1-22(2)32-27-19-24(7-9-28(27)34-33(32)25-8-10-29(39-5)30(20-25)40-6)23-11-17-37(18-12-23)31(38)21-36-15-13-26(14-16-36)35(3)4/h7-10,19-20,22-23,26,34H,11-18,21H2,1-6H3. The molecule has 1 amide bonds. The summed E-state index contributed by atoms with van der Waals surface area (Å²) < 4.78 is 11.0. The van der Waals surface area contributed by atoms with Crippen LogP contribution >= 0.6 is 0 Å². The molecular formula is C33H46N4O3. The Labute approximate surface area is 239 Å². The Morgan fingerprint density at radius 2 is 1.65 bits per heavy atom. The fourth-order valence-corrected chi connectivity index (χ4v) is 6.65. The molecule has 1 N–H and O–H groups in total. The zero-order chi connectivity index (χ0) is 28.4. The van der Waals surface area contributed by atoms with Crippen molar-refractivity contribution in [2.75, 3.05) is 61.0 Å². The lowest BCUT2D eigenvalue weighted by Crippen LogP contribution is -2.48. The summed E-state index contributed by atoms with van der Waals surface area (Å²) in [7, 11) is 7.65. The summed E-state index contributed by atoms with van der Waals surface area (Å²) in [6.07, 6.45) is 4.33. The van der Waals surface area contributed by atoms with E-state index in [0.29, 0.717) is 30.3 Å². The molecule has 1 aromatic heterocycles. The Balaban J connectivity index is 1.28. The van der Waals surface area contributed by atoms with Crippen molar-refractivity contribution >= 4 is 16.8 Å². The highest BCUT2D eigenvalue weighted by atomic mass is 16.5. The van der Waals surface area contributed by atoms with Crippen LogP contribution in [-0.4, -0.2) is 92.7 Å². The highest BCUT2D eigenvalue weighted by Crippen LogP contribution is 2.40. The Morgan fingerprint density at radius 3 is 2.27 bits per heavy atom. The SMILES string of the molecule is COc1ccc(-c2[nH]c3ccc(C4CCN(C(=O)CN5CCC(N(C)C)CC5)CC4)cc3c2C(C)C)cc1OC. The van der Waals surface area contributed by atoms with Crippen LogP contribution in [-0.2, 0) is 4.79 Å². The monoisotopic (exact) mass is 546 g/mol. The molecule has 3 aromatic rings. The maximum atomic E-state index is 13.1. The number of hydrogen-bond acceptors (Lipinski definition) is 5. The van der Waals surface area contributed by atoms with Crippen molar-refractivity contribution in [2.24, 2.45) is 0 Å². The average Bonchev–Trinajstić information content (AvgIpc) is 3.36. The van der Waals surface area contributed by atoms with Crippen LogP contribution in [0.5, 0.6) is 11.5 Å². The van der Waals surface area contributed by atoms with E-state index in [0.717, 1.165) is 80.1 Å². The fourth-order valence-electron chi connectivity index (χ4n) is 6.65. The second-order valence-corrected chi connectivity index (χ2v) is 12.1. The van der Waals surface area contributed by atoms with Gasteiger partial charge in [0.15, 0.2) is 11.5 Å². The zero-order valence-electron chi connectivity index (χ0n) is 25.1. The number of carbonyl (C=O) groups is 1. The van der Waals surface area contributed by atoms with Gasteiger partial charge in [0.2, 0.25) is 5.91 Å². The summed E-state index contributed by atoms with van der Waals surface area (Å²) in [4.78, 5) is 23.5. The number of likely N-dealkylation sites (tertiary alicyclic amines) is 2. The van der Waals surface area contributed by atoms with E-state index in [9.17, 15) is 4.79 Å². The quantitative estimate of drug-likeness (QED) is 0.392. The Kier molecular flexibility index (Phi) is 8.71. The second-order valence-electron chi connectivity index (χ2n) is 12.1. The lowest BCUT2D eigenvalue weighted by molar-refractivity contribution is -0.133. The third kappa shape index (κ3) is 5.86. The van der Waals surface area contributed by atoms with Crippen LogP contribution in [0.2, 0.25) is 0 Å². The molecule has 2 aliphatic heterocycles. The van der Waals surface area contributed by atoms with Crippen LogP contribution in [0.25, 0.3) is 22.2 Å². The number of carbonyl (C=O) groups excluding carboxylic acids is 1. The topological polar surface area (TPSA) is 61.0 Å². The minimum atomic E-state index is 0.296. The molecule has 0 aliphatic carbocycles. The van der Waals surface area contributed by atoms with Gasteiger partial charge >= 0.3 is 0 Å². The van der Waals surface area contributed by atoms with Crippen molar-refractivity contribution in [3.63, 3.8) is 0 Å². The highest BCUT2D eigenvalue weighted by molar-refractivity contribution is 5.92. The number of aromatic amines is 1. The molecule has 40 heavy (non-hydrogen) atoms.